The molecule has 1 aromatic rings. The number of carbonyl (C=O) groups is 1. The Hall–Kier alpha value is -1.51. The molecule has 1 amide bonds. The molecule has 2 rings (SSSR count). The molecule has 3 nitrogen and oxygen atoms in total. The van der Waals surface area contributed by atoms with Crippen LogP contribution < -0.4 is 5.32 Å². The topological polar surface area (TPSA) is 49.3 Å². The van der Waals surface area contributed by atoms with E-state index in [2.05, 4.69) is 12.2 Å². The molecule has 0 unspecified atom stereocenters. The van der Waals surface area contributed by atoms with Gasteiger partial charge in [0.05, 0.1) is 5.56 Å². The highest BCUT2D eigenvalue weighted by Gasteiger charge is 2.21. The molecule has 1 aliphatic carbocycles. The van der Waals surface area contributed by atoms with E-state index in [0.717, 1.165) is 18.0 Å². The molecule has 0 heterocycles. The Bertz CT molecular complexity index is 462. The van der Waals surface area contributed by atoms with Crippen LogP contribution in [0.4, 0.5) is 0 Å². The van der Waals surface area contributed by atoms with Crippen LogP contribution in [0.15, 0.2) is 18.2 Å². The number of benzene rings is 1. The van der Waals surface area contributed by atoms with Gasteiger partial charge in [-0.25, -0.2) is 0 Å². The minimum absolute atomic E-state index is 0.0668. The predicted molar refractivity (Wildman–Crippen MR) is 80.9 cm³/mol. The van der Waals surface area contributed by atoms with E-state index in [1.807, 2.05) is 13.0 Å². The van der Waals surface area contributed by atoms with Crippen molar-refractivity contribution in [1.82, 2.24) is 5.32 Å². The number of hydrogen-bond donors (Lipinski definition) is 2. The van der Waals surface area contributed by atoms with Crippen LogP contribution in [0.3, 0.4) is 0 Å². The van der Waals surface area contributed by atoms with Crippen LogP contribution in [0.5, 0.6) is 5.75 Å². The van der Waals surface area contributed by atoms with Crippen molar-refractivity contribution in [1.29, 1.82) is 0 Å². The molecule has 0 atom stereocenters. The number of amides is 1. The van der Waals surface area contributed by atoms with Crippen LogP contribution in [-0.4, -0.2) is 17.6 Å². The van der Waals surface area contributed by atoms with E-state index < -0.39 is 0 Å². The number of phenolic OH excluding ortho intramolecular Hbond substituents is 1. The Kier molecular flexibility index (Phi) is 5.05. The van der Waals surface area contributed by atoms with Crippen molar-refractivity contribution < 1.29 is 9.90 Å². The van der Waals surface area contributed by atoms with Crippen LogP contribution in [0, 0.1) is 18.8 Å². The van der Waals surface area contributed by atoms with Gasteiger partial charge < -0.3 is 10.4 Å². The lowest BCUT2D eigenvalue weighted by Crippen LogP contribution is -2.31. The van der Waals surface area contributed by atoms with E-state index in [1.165, 1.54) is 32.1 Å². The highest BCUT2D eigenvalue weighted by atomic mass is 16.3. The van der Waals surface area contributed by atoms with Gasteiger partial charge in [0.1, 0.15) is 5.75 Å². The SMILES string of the molecule is CCC1CCC(CNC(=O)c2ccc(C)cc2O)CC1. The van der Waals surface area contributed by atoms with E-state index in [1.54, 1.807) is 12.1 Å². The van der Waals surface area contributed by atoms with Gasteiger partial charge in [-0.1, -0.05) is 32.3 Å². The first-order valence-electron chi connectivity index (χ1n) is 7.68. The molecule has 3 heteroatoms. The zero-order chi connectivity index (χ0) is 14.5. The maximum Gasteiger partial charge on any atom is 0.255 e. The van der Waals surface area contributed by atoms with Crippen molar-refractivity contribution in [3.8, 4) is 5.75 Å². The molecule has 0 bridgehead atoms. The zero-order valence-electron chi connectivity index (χ0n) is 12.5. The van der Waals surface area contributed by atoms with Crippen molar-refractivity contribution in [3.05, 3.63) is 29.3 Å². The highest BCUT2D eigenvalue weighted by Crippen LogP contribution is 2.30. The van der Waals surface area contributed by atoms with Crippen LogP contribution in [-0.2, 0) is 0 Å². The summed E-state index contributed by atoms with van der Waals surface area (Å²) in [5, 5.41) is 12.8. The van der Waals surface area contributed by atoms with E-state index in [4.69, 9.17) is 0 Å². The van der Waals surface area contributed by atoms with E-state index in [9.17, 15) is 9.90 Å². The molecule has 0 aromatic heterocycles. The molecule has 0 aliphatic heterocycles. The van der Waals surface area contributed by atoms with Crippen LogP contribution in [0.2, 0.25) is 0 Å². The fourth-order valence-corrected chi connectivity index (χ4v) is 3.01. The summed E-state index contributed by atoms with van der Waals surface area (Å²) < 4.78 is 0. The van der Waals surface area contributed by atoms with E-state index in [0.29, 0.717) is 11.5 Å². The van der Waals surface area contributed by atoms with Crippen LogP contribution in [0.25, 0.3) is 0 Å². The van der Waals surface area contributed by atoms with E-state index >= 15 is 0 Å². The van der Waals surface area contributed by atoms with Crippen molar-refractivity contribution >= 4 is 5.91 Å². The fraction of sp³-hybridized carbons (Fsp3) is 0.588. The third kappa shape index (κ3) is 3.75. The molecule has 1 saturated carbocycles. The first kappa shape index (κ1) is 14.9. The van der Waals surface area contributed by atoms with Gasteiger partial charge >= 0.3 is 0 Å². The average molecular weight is 275 g/mol. The number of aryl methyl sites for hydroxylation is 1. The Morgan fingerprint density at radius 1 is 1.25 bits per heavy atom. The van der Waals surface area contributed by atoms with Crippen LogP contribution >= 0.6 is 0 Å². The molecule has 1 fully saturated rings. The second-order valence-electron chi connectivity index (χ2n) is 6.03. The summed E-state index contributed by atoms with van der Waals surface area (Å²) in [5.74, 6) is 1.37. The first-order valence-corrected chi connectivity index (χ1v) is 7.68. The van der Waals surface area contributed by atoms with Gasteiger partial charge in [-0.3, -0.25) is 4.79 Å². The normalized spacial score (nSPS) is 22.5. The second-order valence-corrected chi connectivity index (χ2v) is 6.03. The number of phenols is 1. The fourth-order valence-electron chi connectivity index (χ4n) is 3.01. The quantitative estimate of drug-likeness (QED) is 0.881. The van der Waals surface area contributed by atoms with Crippen molar-refractivity contribution in [2.24, 2.45) is 11.8 Å². The Morgan fingerprint density at radius 3 is 2.50 bits per heavy atom. The largest absolute Gasteiger partial charge is 0.507 e. The maximum absolute atomic E-state index is 12.1. The van der Waals surface area contributed by atoms with Gasteiger partial charge in [0, 0.05) is 6.54 Å². The summed E-state index contributed by atoms with van der Waals surface area (Å²) >= 11 is 0. The molecular formula is C17H25NO2. The Balaban J connectivity index is 1.83. The molecule has 1 aliphatic rings. The summed E-state index contributed by atoms with van der Waals surface area (Å²) in [5.41, 5.74) is 1.33. The van der Waals surface area contributed by atoms with Crippen molar-refractivity contribution in [2.45, 2.75) is 46.0 Å². The molecule has 1 aromatic carbocycles. The van der Waals surface area contributed by atoms with Crippen molar-refractivity contribution in [2.75, 3.05) is 6.54 Å². The molecule has 0 spiro atoms. The highest BCUT2D eigenvalue weighted by molar-refractivity contribution is 5.96. The monoisotopic (exact) mass is 275 g/mol. The van der Waals surface area contributed by atoms with Crippen molar-refractivity contribution in [3.63, 3.8) is 0 Å². The maximum atomic E-state index is 12.1. The summed E-state index contributed by atoms with van der Waals surface area (Å²) in [4.78, 5) is 12.1. The molecule has 0 saturated heterocycles. The lowest BCUT2D eigenvalue weighted by atomic mass is 9.81. The van der Waals surface area contributed by atoms with Crippen LogP contribution in [0.1, 0.15) is 54.9 Å². The number of aromatic hydroxyl groups is 1. The van der Waals surface area contributed by atoms with Gasteiger partial charge in [-0.2, -0.15) is 0 Å². The lowest BCUT2D eigenvalue weighted by Gasteiger charge is -2.27. The third-order valence-electron chi connectivity index (χ3n) is 4.49. The molecule has 110 valence electrons. The van der Waals surface area contributed by atoms with Gasteiger partial charge in [0.2, 0.25) is 0 Å². The second kappa shape index (κ2) is 6.78. The molecular weight excluding hydrogens is 250 g/mol. The number of carbonyl (C=O) groups excluding carboxylic acids is 1. The van der Waals surface area contributed by atoms with Gasteiger partial charge in [0.15, 0.2) is 0 Å². The molecule has 0 radical (unpaired) electrons. The summed E-state index contributed by atoms with van der Waals surface area (Å²) in [6, 6.07) is 5.16. The molecule has 2 N–H and O–H groups in total. The van der Waals surface area contributed by atoms with E-state index in [-0.39, 0.29) is 11.7 Å². The first-order chi connectivity index (χ1) is 9.60. The third-order valence-corrected chi connectivity index (χ3v) is 4.49. The summed E-state index contributed by atoms with van der Waals surface area (Å²) in [6.07, 6.45) is 6.26. The number of rotatable bonds is 4. The smallest absolute Gasteiger partial charge is 0.255 e. The Labute approximate surface area is 121 Å². The summed E-state index contributed by atoms with van der Waals surface area (Å²) in [6.45, 7) is 4.88. The predicted octanol–water partition coefficient (Wildman–Crippen LogP) is 3.65. The standard InChI is InChI=1S/C17H25NO2/c1-3-13-5-7-14(8-6-13)11-18-17(20)15-9-4-12(2)10-16(15)19/h4,9-10,13-14,19H,3,5-8,11H2,1-2H3,(H,18,20). The zero-order valence-corrected chi connectivity index (χ0v) is 12.5. The lowest BCUT2D eigenvalue weighted by molar-refractivity contribution is 0.0938. The van der Waals surface area contributed by atoms with Gasteiger partial charge in [0.25, 0.3) is 5.91 Å². The summed E-state index contributed by atoms with van der Waals surface area (Å²) in [7, 11) is 0. The minimum atomic E-state index is -0.167. The number of nitrogens with one attached hydrogen (secondary N) is 1. The number of hydrogen-bond acceptors (Lipinski definition) is 2. The average Bonchev–Trinajstić information content (AvgIpc) is 2.45. The molecule has 20 heavy (non-hydrogen) atoms. The van der Waals surface area contributed by atoms with Gasteiger partial charge in [-0.05, 0) is 49.3 Å². The van der Waals surface area contributed by atoms with Gasteiger partial charge in [-0.15, -0.1) is 0 Å². The minimum Gasteiger partial charge on any atom is -0.507 e. The Morgan fingerprint density at radius 2 is 1.90 bits per heavy atom.